The Morgan fingerprint density at radius 2 is 1.86 bits per heavy atom. The molecule has 2 aromatic carbocycles. The molecule has 1 heterocycles. The predicted molar refractivity (Wildman–Crippen MR) is 89.8 cm³/mol. The standard InChI is InChI=1S/C20H21NO/c1-4-19(22)21-12-16-10-7-9-15(3)20(16)18(13-21)17-11-6-5-8-14(17)2/h4-11,18H,1,12-13H2,2-3H3/t18-/m0/s1. The predicted octanol–water partition coefficient (Wildman–Crippen LogP) is 3.96. The van der Waals surface area contributed by atoms with Gasteiger partial charge in [-0.2, -0.15) is 0 Å². The van der Waals surface area contributed by atoms with Crippen LogP contribution in [0.2, 0.25) is 0 Å². The van der Waals surface area contributed by atoms with Crippen molar-refractivity contribution in [2.75, 3.05) is 6.54 Å². The van der Waals surface area contributed by atoms with E-state index in [1.54, 1.807) is 0 Å². The summed E-state index contributed by atoms with van der Waals surface area (Å²) in [7, 11) is 0. The van der Waals surface area contributed by atoms with Gasteiger partial charge in [-0.05, 0) is 47.7 Å². The minimum atomic E-state index is 0.00532. The lowest BCUT2D eigenvalue weighted by molar-refractivity contribution is -0.127. The fraction of sp³-hybridized carbons (Fsp3) is 0.250. The smallest absolute Gasteiger partial charge is 0.246 e. The van der Waals surface area contributed by atoms with E-state index in [1.165, 1.54) is 33.9 Å². The van der Waals surface area contributed by atoms with Gasteiger partial charge in [0.2, 0.25) is 5.91 Å². The zero-order valence-electron chi connectivity index (χ0n) is 13.2. The molecule has 0 radical (unpaired) electrons. The van der Waals surface area contributed by atoms with Gasteiger partial charge in [-0.15, -0.1) is 0 Å². The van der Waals surface area contributed by atoms with Crippen molar-refractivity contribution in [3.63, 3.8) is 0 Å². The lowest BCUT2D eigenvalue weighted by Gasteiger charge is -2.36. The number of carbonyl (C=O) groups excluding carboxylic acids is 1. The zero-order chi connectivity index (χ0) is 15.7. The Kier molecular flexibility index (Phi) is 3.84. The third kappa shape index (κ3) is 2.45. The summed E-state index contributed by atoms with van der Waals surface area (Å²) in [4.78, 5) is 14.0. The van der Waals surface area contributed by atoms with Crippen molar-refractivity contribution in [3.8, 4) is 0 Å². The van der Waals surface area contributed by atoms with Crippen LogP contribution in [0.3, 0.4) is 0 Å². The van der Waals surface area contributed by atoms with E-state index in [-0.39, 0.29) is 11.8 Å². The zero-order valence-corrected chi connectivity index (χ0v) is 13.2. The number of hydrogen-bond donors (Lipinski definition) is 0. The second kappa shape index (κ2) is 5.80. The lowest BCUT2D eigenvalue weighted by Crippen LogP contribution is -2.38. The summed E-state index contributed by atoms with van der Waals surface area (Å²) in [6.07, 6.45) is 1.41. The van der Waals surface area contributed by atoms with E-state index in [4.69, 9.17) is 0 Å². The molecule has 0 aliphatic carbocycles. The minimum Gasteiger partial charge on any atom is -0.334 e. The number of nitrogens with zero attached hydrogens (tertiary/aromatic N) is 1. The number of benzene rings is 2. The molecule has 3 rings (SSSR count). The lowest BCUT2D eigenvalue weighted by atomic mass is 9.80. The minimum absolute atomic E-state index is 0.00532. The largest absolute Gasteiger partial charge is 0.334 e. The molecule has 2 heteroatoms. The van der Waals surface area contributed by atoms with Gasteiger partial charge in [0.1, 0.15) is 0 Å². The highest BCUT2D eigenvalue weighted by molar-refractivity contribution is 5.87. The van der Waals surface area contributed by atoms with Gasteiger partial charge < -0.3 is 4.90 Å². The van der Waals surface area contributed by atoms with Crippen LogP contribution >= 0.6 is 0 Å². The second-order valence-electron chi connectivity index (χ2n) is 5.98. The number of amides is 1. The van der Waals surface area contributed by atoms with Crippen LogP contribution in [0.4, 0.5) is 0 Å². The van der Waals surface area contributed by atoms with Crippen molar-refractivity contribution in [1.82, 2.24) is 4.90 Å². The summed E-state index contributed by atoms with van der Waals surface area (Å²) in [5.74, 6) is 0.237. The summed E-state index contributed by atoms with van der Waals surface area (Å²) >= 11 is 0. The highest BCUT2D eigenvalue weighted by Gasteiger charge is 2.30. The molecule has 0 fully saturated rings. The quantitative estimate of drug-likeness (QED) is 0.767. The van der Waals surface area contributed by atoms with Crippen LogP contribution in [0.5, 0.6) is 0 Å². The van der Waals surface area contributed by atoms with Crippen LogP contribution in [0, 0.1) is 13.8 Å². The Labute approximate surface area is 132 Å². The SMILES string of the molecule is C=CC(=O)N1Cc2cccc(C)c2[C@H](c2ccccc2C)C1. The molecule has 0 spiro atoms. The van der Waals surface area contributed by atoms with Gasteiger partial charge in [0.15, 0.2) is 0 Å². The van der Waals surface area contributed by atoms with E-state index in [1.807, 2.05) is 4.90 Å². The molecule has 0 unspecified atom stereocenters. The van der Waals surface area contributed by atoms with Crippen LogP contribution < -0.4 is 0 Å². The fourth-order valence-corrected chi connectivity index (χ4v) is 3.49. The van der Waals surface area contributed by atoms with Crippen molar-refractivity contribution < 1.29 is 4.79 Å². The third-order valence-corrected chi connectivity index (χ3v) is 4.58. The van der Waals surface area contributed by atoms with Crippen LogP contribution in [0.15, 0.2) is 55.1 Å². The molecular weight excluding hydrogens is 270 g/mol. The number of fused-ring (bicyclic) bond motifs is 1. The third-order valence-electron chi connectivity index (χ3n) is 4.58. The monoisotopic (exact) mass is 291 g/mol. The first kappa shape index (κ1) is 14.6. The van der Waals surface area contributed by atoms with Crippen LogP contribution in [-0.4, -0.2) is 17.4 Å². The van der Waals surface area contributed by atoms with Crippen molar-refractivity contribution in [3.05, 3.63) is 82.9 Å². The number of hydrogen-bond acceptors (Lipinski definition) is 1. The molecule has 0 saturated carbocycles. The second-order valence-corrected chi connectivity index (χ2v) is 5.98. The molecular formula is C20H21NO. The first-order chi connectivity index (χ1) is 10.6. The molecule has 0 saturated heterocycles. The average molecular weight is 291 g/mol. The topological polar surface area (TPSA) is 20.3 Å². The molecule has 22 heavy (non-hydrogen) atoms. The molecule has 0 N–H and O–H groups in total. The molecule has 1 aliphatic rings. The van der Waals surface area contributed by atoms with E-state index < -0.39 is 0 Å². The molecule has 1 amide bonds. The summed E-state index contributed by atoms with van der Waals surface area (Å²) in [6.45, 7) is 9.32. The van der Waals surface area contributed by atoms with Crippen molar-refractivity contribution >= 4 is 5.91 Å². The number of rotatable bonds is 2. The van der Waals surface area contributed by atoms with Crippen molar-refractivity contribution in [2.45, 2.75) is 26.3 Å². The maximum absolute atomic E-state index is 12.1. The Bertz CT molecular complexity index is 732. The van der Waals surface area contributed by atoms with Gasteiger partial charge in [-0.1, -0.05) is 49.0 Å². The maximum atomic E-state index is 12.1. The maximum Gasteiger partial charge on any atom is 0.246 e. The molecule has 112 valence electrons. The summed E-state index contributed by atoms with van der Waals surface area (Å²) in [6, 6.07) is 14.8. The van der Waals surface area contributed by atoms with Crippen molar-refractivity contribution in [2.24, 2.45) is 0 Å². The Balaban J connectivity index is 2.14. The Morgan fingerprint density at radius 1 is 1.14 bits per heavy atom. The van der Waals surface area contributed by atoms with Gasteiger partial charge in [0, 0.05) is 19.0 Å². The van der Waals surface area contributed by atoms with E-state index in [0.717, 1.165) is 0 Å². The first-order valence-electron chi connectivity index (χ1n) is 7.67. The fourth-order valence-electron chi connectivity index (χ4n) is 3.49. The van der Waals surface area contributed by atoms with Crippen LogP contribution in [-0.2, 0) is 11.3 Å². The molecule has 2 nitrogen and oxygen atoms in total. The molecule has 2 aromatic rings. The van der Waals surface area contributed by atoms with Crippen LogP contribution in [0.1, 0.15) is 33.7 Å². The molecule has 0 bridgehead atoms. The van der Waals surface area contributed by atoms with E-state index >= 15 is 0 Å². The first-order valence-corrected chi connectivity index (χ1v) is 7.67. The van der Waals surface area contributed by atoms with Gasteiger partial charge in [-0.3, -0.25) is 4.79 Å². The van der Waals surface area contributed by atoms with Gasteiger partial charge in [0.25, 0.3) is 0 Å². The summed E-state index contributed by atoms with van der Waals surface area (Å²) < 4.78 is 0. The molecule has 0 aromatic heterocycles. The van der Waals surface area contributed by atoms with E-state index in [0.29, 0.717) is 13.1 Å². The highest BCUT2D eigenvalue weighted by Crippen LogP contribution is 2.36. The Hall–Kier alpha value is -2.35. The van der Waals surface area contributed by atoms with Gasteiger partial charge in [0.05, 0.1) is 0 Å². The molecule has 1 atom stereocenters. The normalized spacial score (nSPS) is 17.0. The summed E-state index contributed by atoms with van der Waals surface area (Å²) in [5, 5.41) is 0. The van der Waals surface area contributed by atoms with Crippen LogP contribution in [0.25, 0.3) is 0 Å². The Morgan fingerprint density at radius 3 is 2.59 bits per heavy atom. The number of carbonyl (C=O) groups is 1. The van der Waals surface area contributed by atoms with E-state index in [9.17, 15) is 4.79 Å². The summed E-state index contributed by atoms with van der Waals surface area (Å²) in [5.41, 5.74) is 6.50. The molecule has 1 aliphatic heterocycles. The number of aryl methyl sites for hydroxylation is 2. The van der Waals surface area contributed by atoms with Crippen molar-refractivity contribution in [1.29, 1.82) is 0 Å². The van der Waals surface area contributed by atoms with Gasteiger partial charge >= 0.3 is 0 Å². The van der Waals surface area contributed by atoms with Gasteiger partial charge in [-0.25, -0.2) is 0 Å². The highest BCUT2D eigenvalue weighted by atomic mass is 16.2. The van der Waals surface area contributed by atoms with E-state index in [2.05, 4.69) is 62.9 Å². The average Bonchev–Trinajstić information content (AvgIpc) is 2.54.